The van der Waals surface area contributed by atoms with Crippen molar-refractivity contribution in [3.05, 3.63) is 141 Å². The lowest BCUT2D eigenvalue weighted by molar-refractivity contribution is -0.200. The number of unbranched alkanes of at least 4 members (excludes halogenated alkanes) is 13. The highest BCUT2D eigenvalue weighted by molar-refractivity contribution is 7.49. The molecule has 4 aromatic heterocycles. The van der Waals surface area contributed by atoms with Crippen molar-refractivity contribution in [3.8, 4) is 29.7 Å². The minimum Gasteiger partial charge on any atom is -0.393 e. The Bertz CT molecular complexity index is 3830. The summed E-state index contributed by atoms with van der Waals surface area (Å²) in [6.45, 7) is 8.73. The first-order valence-corrected chi connectivity index (χ1v) is 34.5. The van der Waals surface area contributed by atoms with Gasteiger partial charge in [0.25, 0.3) is 0 Å². The summed E-state index contributed by atoms with van der Waals surface area (Å²) in [4.78, 5) is 8.25. The summed E-state index contributed by atoms with van der Waals surface area (Å²) in [6, 6.07) is 27.3. The van der Waals surface area contributed by atoms with Crippen LogP contribution in [-0.4, -0.2) is 89.1 Å². The van der Waals surface area contributed by atoms with Crippen LogP contribution in [0, 0.1) is 39.8 Å². The molecule has 8 heterocycles. The Morgan fingerprint density at radius 2 is 1.11 bits per heavy atom. The fraction of sp³-hybridized carbons (Fsp3) is 0.515. The van der Waals surface area contributed by atoms with Gasteiger partial charge in [-0.3, -0.25) is 4.52 Å². The first-order valence-electron chi connectivity index (χ1n) is 32.3. The minimum absolute atomic E-state index is 0.0699. The Balaban J connectivity index is 0.876. The number of fused-ring (bicyclic) bond motifs is 4. The third-order valence-electron chi connectivity index (χ3n) is 17.7. The van der Waals surface area contributed by atoms with Crippen LogP contribution in [0.4, 0.5) is 16.0 Å². The molecule has 22 nitrogen and oxygen atoms in total. The lowest BCUT2D eigenvalue weighted by atomic mass is 9.88. The lowest BCUT2D eigenvalue weighted by Gasteiger charge is -2.30. The van der Waals surface area contributed by atoms with Gasteiger partial charge in [-0.2, -0.15) is 26.0 Å². The fourth-order valence-electron chi connectivity index (χ4n) is 13.2. The number of phosphoric acid groups is 1. The van der Waals surface area contributed by atoms with Crippen molar-refractivity contribution >= 4 is 53.7 Å². The Morgan fingerprint density at radius 1 is 0.638 bits per heavy atom. The van der Waals surface area contributed by atoms with Crippen molar-refractivity contribution in [2.75, 3.05) is 18.1 Å². The number of nitrogens with zero attached hydrogens (tertiary/aromatic N) is 9. The number of phosphoric ester groups is 1. The maximum absolute atomic E-state index is 16.0. The molecule has 4 N–H and O–H groups in total. The van der Waals surface area contributed by atoms with Crippen molar-refractivity contribution in [2.45, 2.75) is 216 Å². The predicted octanol–water partition coefficient (Wildman–Crippen LogP) is 14.5. The smallest absolute Gasteiger partial charge is 0.393 e. The number of halogens is 3. The van der Waals surface area contributed by atoms with E-state index in [1.54, 1.807) is 85.3 Å². The summed E-state index contributed by atoms with van der Waals surface area (Å²) in [5.41, 5.74) is 12.3. The van der Waals surface area contributed by atoms with E-state index in [1.165, 1.54) is 94.7 Å². The van der Waals surface area contributed by atoms with E-state index in [-0.39, 0.29) is 64.8 Å². The molecule has 0 spiro atoms. The van der Waals surface area contributed by atoms with Crippen LogP contribution in [0.15, 0.2) is 91.5 Å². The average Bonchev–Trinajstić information content (AvgIpc) is 1.57. The number of anilines is 2. The highest BCUT2D eigenvalue weighted by Crippen LogP contribution is 2.57. The number of nitriles is 3. The van der Waals surface area contributed by atoms with Crippen LogP contribution in [0.5, 0.6) is 11.5 Å². The maximum Gasteiger partial charge on any atom is 0.587 e. The Morgan fingerprint density at radius 3 is 1.56 bits per heavy atom. The van der Waals surface area contributed by atoms with Gasteiger partial charge in [0.15, 0.2) is 45.9 Å². The van der Waals surface area contributed by atoms with Gasteiger partial charge >= 0.3 is 7.82 Å². The van der Waals surface area contributed by atoms with Crippen molar-refractivity contribution in [1.82, 2.24) is 29.2 Å². The van der Waals surface area contributed by atoms with Crippen molar-refractivity contribution in [3.63, 3.8) is 0 Å². The molecule has 4 aliphatic heterocycles. The summed E-state index contributed by atoms with van der Waals surface area (Å²) < 4.78 is 99.1. The second kappa shape index (κ2) is 29.1. The van der Waals surface area contributed by atoms with Gasteiger partial charge in [0.1, 0.15) is 78.3 Å². The standard InChI is InChI=1S/C68H79Cl2FN11O11P/c1-6-7-8-9-10-11-12-13-14-15-16-17-18-19-24-48(84-37-44-31-43(36-72)32-47(71)33-44)38-85-94(83,92-53-25-20-22-45(55(53)69)34-67(39-73)61-59(86-65(2,3)90-61)57(88-67)49-27-29-51-63(75)77-41-79-81(49)51)93-54-26-21-23-46(56(54)70)35-68(40-74)62-60(87-66(4,5)91-62)58(89-68)50-28-30-52-64(76)78-42-80-82(50)52/h20-23,25-33,41-42,48,57-62H,6-19,24,34-35,37-38H2,1-5H3,(H2,75,77,79)(H2,76,78,80)/t48-,57-,58-,59?,60?,61?,62?,67+,68+,94?/m0/s1. The number of hydrogen-bond acceptors (Lipinski definition) is 20. The molecule has 4 aliphatic rings. The average molecular weight is 1350 g/mol. The number of nitrogens with two attached hydrogens (primary N) is 2. The molecular formula is C68H79Cl2FN11O11P. The van der Waals surface area contributed by atoms with E-state index in [0.717, 1.165) is 31.7 Å². The summed E-state index contributed by atoms with van der Waals surface area (Å²) in [5.74, 6) is -2.72. The molecular weight excluding hydrogens is 1270 g/mol. The van der Waals surface area contributed by atoms with E-state index in [1.807, 2.05) is 6.07 Å². The van der Waals surface area contributed by atoms with Crippen LogP contribution in [0.1, 0.15) is 177 Å². The quantitative estimate of drug-likeness (QED) is 0.0301. The van der Waals surface area contributed by atoms with E-state index in [9.17, 15) is 20.2 Å². The zero-order valence-corrected chi connectivity index (χ0v) is 55.8. The Labute approximate surface area is 556 Å². The van der Waals surface area contributed by atoms with Gasteiger partial charge in [-0.25, -0.2) is 28.0 Å². The molecule has 0 bridgehead atoms. The Kier molecular flexibility index (Phi) is 21.2. The van der Waals surface area contributed by atoms with E-state index in [2.05, 4.69) is 39.2 Å². The van der Waals surface area contributed by atoms with Crippen molar-refractivity contribution in [2.24, 2.45) is 0 Å². The largest absolute Gasteiger partial charge is 0.587 e. The minimum atomic E-state index is -5.01. The maximum atomic E-state index is 16.0. The number of benzene rings is 3. The summed E-state index contributed by atoms with van der Waals surface area (Å²) in [6.07, 6.45) is 12.8. The summed E-state index contributed by atoms with van der Waals surface area (Å²) in [7, 11) is -5.01. The topological polar surface area (TPSA) is 293 Å². The van der Waals surface area contributed by atoms with E-state index in [4.69, 9.17) is 81.4 Å². The first-order chi connectivity index (χ1) is 45.2. The van der Waals surface area contributed by atoms with Crippen LogP contribution < -0.4 is 20.5 Å². The molecule has 4 fully saturated rings. The van der Waals surface area contributed by atoms with Crippen LogP contribution >= 0.6 is 31.0 Å². The van der Waals surface area contributed by atoms with E-state index in [0.29, 0.717) is 52.0 Å². The molecule has 0 radical (unpaired) electrons. The highest BCUT2D eigenvalue weighted by Gasteiger charge is 2.66. The van der Waals surface area contributed by atoms with Crippen LogP contribution in [-0.2, 0) is 61.7 Å². The number of hydrogen-bond donors (Lipinski definition) is 2. The van der Waals surface area contributed by atoms with Gasteiger partial charge in [0.2, 0.25) is 0 Å². The molecule has 94 heavy (non-hydrogen) atoms. The van der Waals surface area contributed by atoms with Crippen LogP contribution in [0.3, 0.4) is 0 Å². The summed E-state index contributed by atoms with van der Waals surface area (Å²) in [5, 5.41) is 40.9. The van der Waals surface area contributed by atoms with Crippen molar-refractivity contribution in [1.29, 1.82) is 15.8 Å². The molecule has 0 saturated carbocycles. The van der Waals surface area contributed by atoms with Crippen LogP contribution in [0.2, 0.25) is 10.0 Å². The zero-order chi connectivity index (χ0) is 66.4. The SMILES string of the molecule is CCCCCCCCCCCCCCCC[C@@H](COP(=O)(Oc1cccc(C[C@]2(C#N)O[C@@H](c3ccc4c(N)ncnn34)C3OC(C)(C)OC32)c1Cl)Oc1cccc(C[C@]2(C#N)O[C@@H](c3ccc4c(N)ncnn34)C3OC(C)(C)OC32)c1Cl)OCc1cc(F)cc(C#N)c1. The van der Waals surface area contributed by atoms with Crippen molar-refractivity contribution < 1.29 is 55.7 Å². The first kappa shape index (κ1) is 68.4. The molecule has 9 atom stereocenters. The molecule has 4 saturated heterocycles. The molecule has 7 aromatic rings. The zero-order valence-electron chi connectivity index (χ0n) is 53.4. The summed E-state index contributed by atoms with van der Waals surface area (Å²) >= 11 is 14.7. The van der Waals surface area contributed by atoms with Gasteiger partial charge in [-0.05, 0) is 105 Å². The number of aromatic nitrogens is 6. The van der Waals surface area contributed by atoms with E-state index >= 15 is 4.57 Å². The van der Waals surface area contributed by atoms with Gasteiger partial charge in [-0.1, -0.05) is 144 Å². The second-order valence-corrected chi connectivity index (χ2v) is 27.8. The predicted molar refractivity (Wildman–Crippen MR) is 347 cm³/mol. The Hall–Kier alpha value is -7.01. The second-order valence-electron chi connectivity index (χ2n) is 25.5. The molecule has 11 rings (SSSR count). The van der Waals surface area contributed by atoms with E-state index < -0.39 is 79.1 Å². The molecule has 3 aromatic carbocycles. The molecule has 26 heteroatoms. The number of rotatable bonds is 31. The molecule has 0 aliphatic carbocycles. The van der Waals surface area contributed by atoms with Gasteiger partial charge in [0.05, 0.1) is 52.4 Å². The molecule has 498 valence electrons. The van der Waals surface area contributed by atoms with Gasteiger partial charge < -0.3 is 53.7 Å². The number of nitrogen functional groups attached to an aromatic ring is 2. The lowest BCUT2D eigenvalue weighted by Crippen LogP contribution is -2.44. The monoisotopic (exact) mass is 1350 g/mol. The normalized spacial score (nSPS) is 24.4. The van der Waals surface area contributed by atoms with Gasteiger partial charge in [0, 0.05) is 12.8 Å². The van der Waals surface area contributed by atoms with Crippen LogP contribution in [0.25, 0.3) is 11.0 Å². The fourth-order valence-corrected chi connectivity index (χ4v) is 15.1. The number of ether oxygens (including phenoxy) is 7. The van der Waals surface area contributed by atoms with Gasteiger partial charge in [-0.15, -0.1) is 0 Å². The third-order valence-corrected chi connectivity index (χ3v) is 19.9. The molecule has 0 amide bonds. The highest BCUT2D eigenvalue weighted by atomic mass is 35.5. The molecule has 4 unspecified atom stereocenters. The third kappa shape index (κ3) is 15.0.